The summed E-state index contributed by atoms with van der Waals surface area (Å²) in [5.41, 5.74) is 4.37. The topological polar surface area (TPSA) is 63.0 Å². The number of benzene rings is 3. The Labute approximate surface area is 212 Å². The fourth-order valence-electron chi connectivity index (χ4n) is 4.72. The summed E-state index contributed by atoms with van der Waals surface area (Å²) in [5.74, 6) is 0.538. The molecule has 6 rings (SSSR count). The lowest BCUT2D eigenvalue weighted by Gasteiger charge is -2.38. The van der Waals surface area contributed by atoms with E-state index in [1.165, 1.54) is 22.4 Å². The van der Waals surface area contributed by atoms with Gasteiger partial charge >= 0.3 is 0 Å². The van der Waals surface area contributed by atoms with Gasteiger partial charge < -0.3 is 4.90 Å². The molecule has 1 aliphatic rings. The highest BCUT2D eigenvalue weighted by molar-refractivity contribution is 7.22. The lowest BCUT2D eigenvalue weighted by molar-refractivity contribution is 0.201. The Bertz CT molecular complexity index is 1420. The first-order valence-electron chi connectivity index (χ1n) is 12.1. The summed E-state index contributed by atoms with van der Waals surface area (Å²) in [6, 6.07) is 23.3. The predicted molar refractivity (Wildman–Crippen MR) is 140 cm³/mol. The molecular weight excluding hydrogens is 473 g/mol. The van der Waals surface area contributed by atoms with Crippen LogP contribution in [0, 0.1) is 12.7 Å². The molecule has 0 aliphatic carbocycles. The van der Waals surface area contributed by atoms with Crippen molar-refractivity contribution in [3.8, 4) is 0 Å². The summed E-state index contributed by atoms with van der Waals surface area (Å²) >= 11 is 1.75. The van der Waals surface area contributed by atoms with Crippen molar-refractivity contribution >= 4 is 26.7 Å². The Morgan fingerprint density at radius 2 is 1.67 bits per heavy atom. The Balaban J connectivity index is 1.27. The van der Waals surface area contributed by atoms with E-state index in [1.807, 2.05) is 10.7 Å². The molecule has 5 aromatic rings. The van der Waals surface area contributed by atoms with Crippen molar-refractivity contribution in [1.82, 2.24) is 30.1 Å². The smallest absolute Gasteiger partial charge is 0.186 e. The minimum absolute atomic E-state index is 0.0847. The van der Waals surface area contributed by atoms with Gasteiger partial charge in [0.15, 0.2) is 11.0 Å². The van der Waals surface area contributed by atoms with Crippen LogP contribution in [0.2, 0.25) is 0 Å². The van der Waals surface area contributed by atoms with Crippen molar-refractivity contribution in [2.24, 2.45) is 0 Å². The van der Waals surface area contributed by atoms with E-state index in [0.29, 0.717) is 6.54 Å². The van der Waals surface area contributed by atoms with Gasteiger partial charge in [0.25, 0.3) is 0 Å². The van der Waals surface area contributed by atoms with Gasteiger partial charge in [-0.2, -0.15) is 0 Å². The minimum atomic E-state index is -0.251. The van der Waals surface area contributed by atoms with Crippen LogP contribution in [0.15, 0.2) is 72.8 Å². The highest BCUT2D eigenvalue weighted by Gasteiger charge is 2.31. The zero-order valence-corrected chi connectivity index (χ0v) is 20.8. The van der Waals surface area contributed by atoms with E-state index in [-0.39, 0.29) is 11.9 Å². The van der Waals surface area contributed by atoms with Crippen molar-refractivity contribution in [3.63, 3.8) is 0 Å². The van der Waals surface area contributed by atoms with Crippen LogP contribution in [0.3, 0.4) is 0 Å². The second kappa shape index (κ2) is 9.75. The fraction of sp³-hybridized carbons (Fsp3) is 0.259. The van der Waals surface area contributed by atoms with E-state index in [0.717, 1.165) is 53.8 Å². The van der Waals surface area contributed by atoms with E-state index in [2.05, 4.69) is 74.7 Å². The Morgan fingerprint density at radius 1 is 0.917 bits per heavy atom. The number of piperazine rings is 1. The zero-order valence-electron chi connectivity index (χ0n) is 20.0. The summed E-state index contributed by atoms with van der Waals surface area (Å²) in [4.78, 5) is 9.67. The normalized spacial score (nSPS) is 15.4. The molecule has 1 fully saturated rings. The first kappa shape index (κ1) is 22.8. The molecule has 9 heteroatoms. The molecule has 1 unspecified atom stereocenters. The Morgan fingerprint density at radius 3 is 2.42 bits per heavy atom. The van der Waals surface area contributed by atoms with E-state index in [4.69, 9.17) is 4.98 Å². The number of anilines is 1. The number of rotatable bonds is 6. The second-order valence-electron chi connectivity index (χ2n) is 9.12. The molecule has 1 aliphatic heterocycles. The summed E-state index contributed by atoms with van der Waals surface area (Å²) < 4.78 is 16.5. The van der Waals surface area contributed by atoms with Gasteiger partial charge in [-0.15, -0.1) is 5.10 Å². The van der Waals surface area contributed by atoms with Crippen molar-refractivity contribution in [3.05, 3.63) is 101 Å². The van der Waals surface area contributed by atoms with Crippen LogP contribution in [0.4, 0.5) is 9.52 Å². The maximum absolute atomic E-state index is 13.4. The molecule has 0 spiro atoms. The van der Waals surface area contributed by atoms with Gasteiger partial charge in [-0.25, -0.2) is 14.1 Å². The lowest BCUT2D eigenvalue weighted by atomic mass is 10.0. The summed E-state index contributed by atoms with van der Waals surface area (Å²) in [7, 11) is 0. The Hall–Kier alpha value is -3.69. The maximum Gasteiger partial charge on any atom is 0.186 e. The second-order valence-corrected chi connectivity index (χ2v) is 10.1. The van der Waals surface area contributed by atoms with Crippen LogP contribution < -0.4 is 4.90 Å². The molecule has 0 amide bonds. The Kier molecular flexibility index (Phi) is 6.16. The van der Waals surface area contributed by atoms with E-state index in [9.17, 15) is 4.39 Å². The van der Waals surface area contributed by atoms with Crippen LogP contribution in [0.5, 0.6) is 0 Å². The van der Waals surface area contributed by atoms with Crippen LogP contribution in [-0.4, -0.2) is 56.3 Å². The van der Waals surface area contributed by atoms with Gasteiger partial charge in [0, 0.05) is 26.2 Å². The maximum atomic E-state index is 13.4. The van der Waals surface area contributed by atoms with Gasteiger partial charge in [0.2, 0.25) is 0 Å². The molecule has 1 saturated heterocycles. The number of aromatic nitrogens is 5. The summed E-state index contributed by atoms with van der Waals surface area (Å²) in [6.45, 7) is 6.05. The largest absolute Gasteiger partial charge is 0.345 e. The fourth-order valence-corrected chi connectivity index (χ4v) is 5.74. The van der Waals surface area contributed by atoms with Crippen LogP contribution >= 0.6 is 11.3 Å². The van der Waals surface area contributed by atoms with Crippen LogP contribution in [0.25, 0.3) is 10.2 Å². The molecule has 36 heavy (non-hydrogen) atoms. The lowest BCUT2D eigenvalue weighted by Crippen LogP contribution is -2.48. The summed E-state index contributed by atoms with van der Waals surface area (Å²) in [6.07, 6.45) is 0. The average Bonchev–Trinajstić information content (AvgIpc) is 3.54. The molecule has 7 nitrogen and oxygen atoms in total. The molecule has 0 saturated carbocycles. The molecule has 2 aromatic heterocycles. The van der Waals surface area contributed by atoms with Crippen LogP contribution in [-0.2, 0) is 6.54 Å². The molecule has 182 valence electrons. The van der Waals surface area contributed by atoms with Gasteiger partial charge in [-0.3, -0.25) is 4.90 Å². The number of tetrazole rings is 1. The highest BCUT2D eigenvalue weighted by Crippen LogP contribution is 2.32. The molecule has 1 atom stereocenters. The molecular formula is C27H26FN7S. The molecule has 0 N–H and O–H groups in total. The molecule has 3 aromatic carbocycles. The number of para-hydroxylation sites is 1. The third-order valence-corrected chi connectivity index (χ3v) is 7.77. The number of thiazole rings is 1. The third-order valence-electron chi connectivity index (χ3n) is 6.68. The quantitative estimate of drug-likeness (QED) is 0.338. The van der Waals surface area contributed by atoms with E-state index in [1.54, 1.807) is 23.5 Å². The van der Waals surface area contributed by atoms with E-state index < -0.39 is 0 Å². The predicted octanol–water partition coefficient (Wildman–Crippen LogP) is 4.69. The number of fused-ring (bicyclic) bond motifs is 1. The minimum Gasteiger partial charge on any atom is -0.345 e. The van der Waals surface area contributed by atoms with Crippen molar-refractivity contribution in [1.29, 1.82) is 0 Å². The first-order valence-corrected chi connectivity index (χ1v) is 12.9. The number of hydrogen-bond acceptors (Lipinski definition) is 7. The van der Waals surface area contributed by atoms with Gasteiger partial charge in [-0.1, -0.05) is 65.4 Å². The number of halogens is 1. The standard InChI is InChI=1S/C27H26FN7S/c1-19-6-10-21(11-7-19)25(26-30-31-32-35(26)18-20-8-12-22(28)13-9-20)33-14-16-34(17-15-33)27-29-23-4-2-3-5-24(23)36-27/h2-13,25H,14-18H2,1H3. The van der Waals surface area contributed by atoms with Crippen molar-refractivity contribution in [2.75, 3.05) is 31.1 Å². The molecule has 3 heterocycles. The average molecular weight is 500 g/mol. The third kappa shape index (κ3) is 4.59. The van der Waals surface area contributed by atoms with Crippen molar-refractivity contribution in [2.45, 2.75) is 19.5 Å². The monoisotopic (exact) mass is 499 g/mol. The first-order chi connectivity index (χ1) is 17.6. The SMILES string of the molecule is Cc1ccc(C(c2nnnn2Cc2ccc(F)cc2)N2CCN(c3nc4ccccc4s3)CC2)cc1. The van der Waals surface area contributed by atoms with E-state index >= 15 is 0 Å². The molecule has 0 radical (unpaired) electrons. The number of hydrogen-bond donors (Lipinski definition) is 0. The van der Waals surface area contributed by atoms with Crippen molar-refractivity contribution < 1.29 is 4.39 Å². The van der Waals surface area contributed by atoms with Crippen LogP contribution in [0.1, 0.15) is 28.6 Å². The van der Waals surface area contributed by atoms with Gasteiger partial charge in [-0.05, 0) is 52.7 Å². The highest BCUT2D eigenvalue weighted by atomic mass is 32.1. The molecule has 0 bridgehead atoms. The number of nitrogens with zero attached hydrogens (tertiary/aromatic N) is 7. The summed E-state index contributed by atoms with van der Waals surface area (Å²) in [5, 5.41) is 13.9. The van der Waals surface area contributed by atoms with Gasteiger partial charge in [0.05, 0.1) is 22.8 Å². The number of aryl methyl sites for hydroxylation is 1. The zero-order chi connectivity index (χ0) is 24.5. The van der Waals surface area contributed by atoms with Gasteiger partial charge in [0.1, 0.15) is 5.82 Å².